The molecule has 1 aromatic heterocycles. The Labute approximate surface area is 109 Å². The highest BCUT2D eigenvalue weighted by atomic mass is 32.2. The maximum absolute atomic E-state index is 4.18. The minimum atomic E-state index is 0.797. The van der Waals surface area contributed by atoms with E-state index in [9.17, 15) is 0 Å². The average Bonchev–Trinajstić information content (AvgIpc) is 3.03. The van der Waals surface area contributed by atoms with Crippen LogP contribution in [0, 0.1) is 0 Å². The fraction of sp³-hybridized carbons (Fsp3) is 0.0769. The van der Waals surface area contributed by atoms with E-state index in [1.165, 1.54) is 5.39 Å². The van der Waals surface area contributed by atoms with Crippen LogP contribution in [0.5, 0.6) is 0 Å². The number of nitrogens with zero attached hydrogens (tertiary/aromatic N) is 4. The second kappa shape index (κ2) is 5.10. The molecule has 18 heavy (non-hydrogen) atoms. The monoisotopic (exact) mass is 254 g/mol. The zero-order chi connectivity index (χ0) is 12.2. The lowest BCUT2D eigenvalue weighted by Gasteiger charge is -1.91. The number of aliphatic imine (C=N–C) groups is 3. The summed E-state index contributed by atoms with van der Waals surface area (Å²) in [7, 11) is 0. The summed E-state index contributed by atoms with van der Waals surface area (Å²) in [5, 5.41) is 2.18. The Morgan fingerprint density at radius 3 is 2.83 bits per heavy atom. The molecule has 4 rings (SSSR count). The van der Waals surface area contributed by atoms with E-state index in [1.807, 2.05) is 30.5 Å². The predicted molar refractivity (Wildman–Crippen MR) is 77.6 cm³/mol. The van der Waals surface area contributed by atoms with Crippen molar-refractivity contribution in [2.24, 2.45) is 15.0 Å². The maximum Gasteiger partial charge on any atom is 0.182 e. The third kappa shape index (κ3) is 2.31. The number of thioether (sulfide) groups is 1. The maximum atomic E-state index is 4.18. The van der Waals surface area contributed by atoms with Gasteiger partial charge in [-0.3, -0.25) is 9.98 Å². The molecule has 0 N–H and O–H groups in total. The summed E-state index contributed by atoms with van der Waals surface area (Å²) >= 11 is 1.63. The number of benzene rings is 1. The van der Waals surface area contributed by atoms with Crippen LogP contribution in [0.15, 0.2) is 57.6 Å². The molecule has 0 spiro atoms. The van der Waals surface area contributed by atoms with Crippen LogP contribution >= 0.6 is 11.8 Å². The Bertz CT molecular complexity index is 595. The highest BCUT2D eigenvalue weighted by Crippen LogP contribution is 2.17. The van der Waals surface area contributed by atoms with Gasteiger partial charge in [0.25, 0.3) is 0 Å². The fourth-order valence-corrected chi connectivity index (χ4v) is 2.31. The van der Waals surface area contributed by atoms with Crippen molar-refractivity contribution in [3.8, 4) is 0 Å². The molecule has 88 valence electrons. The van der Waals surface area contributed by atoms with E-state index in [0.717, 1.165) is 22.3 Å². The largest absolute Gasteiger partial charge is 0.256 e. The van der Waals surface area contributed by atoms with Gasteiger partial charge in [0.1, 0.15) is 11.4 Å². The average molecular weight is 254 g/mol. The molecule has 0 radical (unpaired) electrons. The first kappa shape index (κ1) is 11.1. The van der Waals surface area contributed by atoms with Crippen LogP contribution in [-0.4, -0.2) is 28.1 Å². The summed E-state index contributed by atoms with van der Waals surface area (Å²) in [6.45, 7) is 0. The molecule has 3 heterocycles. The molecule has 0 saturated carbocycles. The molecule has 0 atom stereocenters. The summed E-state index contributed by atoms with van der Waals surface area (Å²) < 4.78 is 0. The van der Waals surface area contributed by atoms with Gasteiger partial charge < -0.3 is 0 Å². The summed E-state index contributed by atoms with van der Waals surface area (Å²) in [5.41, 5.74) is 1.06. The van der Waals surface area contributed by atoms with E-state index in [1.54, 1.807) is 18.1 Å². The molecule has 0 saturated heterocycles. The quantitative estimate of drug-likeness (QED) is 0.725. The molecule has 0 fully saturated rings. The van der Waals surface area contributed by atoms with Crippen molar-refractivity contribution in [3.05, 3.63) is 42.6 Å². The fourth-order valence-electron chi connectivity index (χ4n) is 1.63. The number of hydrogen-bond acceptors (Lipinski definition) is 5. The van der Waals surface area contributed by atoms with Gasteiger partial charge in [0, 0.05) is 11.6 Å². The van der Waals surface area contributed by atoms with Crippen molar-refractivity contribution in [3.63, 3.8) is 0 Å². The van der Waals surface area contributed by atoms with Crippen molar-refractivity contribution in [2.45, 2.75) is 0 Å². The van der Waals surface area contributed by atoms with Crippen LogP contribution in [0.2, 0.25) is 0 Å². The van der Waals surface area contributed by atoms with Crippen molar-refractivity contribution in [1.82, 2.24) is 4.98 Å². The van der Waals surface area contributed by atoms with E-state index in [0.29, 0.717) is 0 Å². The first-order valence-corrected chi connectivity index (χ1v) is 6.50. The van der Waals surface area contributed by atoms with Crippen LogP contribution in [0.3, 0.4) is 0 Å². The predicted octanol–water partition coefficient (Wildman–Crippen LogP) is 2.76. The van der Waals surface area contributed by atoms with E-state index in [2.05, 4.69) is 32.1 Å². The van der Waals surface area contributed by atoms with Gasteiger partial charge >= 0.3 is 0 Å². The Hall–Kier alpha value is -2.01. The van der Waals surface area contributed by atoms with Crippen LogP contribution in [-0.2, 0) is 0 Å². The lowest BCUT2D eigenvalue weighted by Crippen LogP contribution is -1.94. The summed E-state index contributed by atoms with van der Waals surface area (Å²) in [4.78, 5) is 16.1. The third-order valence-corrected chi connectivity index (χ3v) is 3.29. The first-order valence-electron chi connectivity index (χ1n) is 5.51. The number of amidine groups is 1. The van der Waals surface area contributed by atoms with Crippen LogP contribution < -0.4 is 0 Å². The molecule has 1 aromatic carbocycles. The van der Waals surface area contributed by atoms with Crippen LogP contribution in [0.1, 0.15) is 0 Å². The number of hydrogen-bond donors (Lipinski definition) is 0. The topological polar surface area (TPSA) is 50.0 Å². The second-order valence-corrected chi connectivity index (χ2v) is 4.56. The SMILES string of the molecule is C1=NC2=NCSC2=N1.c1ccc2ncccc2c1. The molecule has 2 aromatic rings. The van der Waals surface area contributed by atoms with Crippen LogP contribution in [0.25, 0.3) is 10.9 Å². The zero-order valence-electron chi connectivity index (χ0n) is 9.52. The first-order chi connectivity index (χ1) is 8.93. The lowest BCUT2D eigenvalue weighted by molar-refractivity contribution is 1.39. The highest BCUT2D eigenvalue weighted by Gasteiger charge is 2.16. The van der Waals surface area contributed by atoms with Gasteiger partial charge in [-0.25, -0.2) is 9.98 Å². The minimum Gasteiger partial charge on any atom is -0.256 e. The Kier molecular flexibility index (Phi) is 3.14. The number of fused-ring (bicyclic) bond motifs is 2. The summed E-state index contributed by atoms with van der Waals surface area (Å²) in [6, 6.07) is 12.1. The van der Waals surface area contributed by atoms with Gasteiger partial charge in [-0.05, 0) is 12.1 Å². The molecule has 5 heteroatoms. The Morgan fingerprint density at radius 1 is 1.06 bits per heavy atom. The van der Waals surface area contributed by atoms with Crippen LogP contribution in [0.4, 0.5) is 0 Å². The summed E-state index contributed by atoms with van der Waals surface area (Å²) in [6.07, 6.45) is 3.35. The highest BCUT2D eigenvalue weighted by molar-refractivity contribution is 8.16. The molecule has 2 aliphatic heterocycles. The number of rotatable bonds is 0. The third-order valence-electron chi connectivity index (χ3n) is 2.47. The molecule has 0 bridgehead atoms. The van der Waals surface area contributed by atoms with Gasteiger partial charge in [0.2, 0.25) is 0 Å². The van der Waals surface area contributed by atoms with Crippen molar-refractivity contribution in [1.29, 1.82) is 0 Å². The summed E-state index contributed by atoms with van der Waals surface area (Å²) in [5.74, 6) is 1.61. The molecule has 0 unspecified atom stereocenters. The molecule has 4 nitrogen and oxygen atoms in total. The van der Waals surface area contributed by atoms with Crippen molar-refractivity contribution < 1.29 is 0 Å². The molecule has 2 aliphatic rings. The molecule has 0 amide bonds. The standard InChI is InChI=1S/C9H7N.C4H3N3S/c1-2-6-9-8(4-1)5-3-7-10-9;1-5-3-4(6-1)8-2-7-3/h1-7H;1H,2H2. The number of aromatic nitrogens is 1. The van der Waals surface area contributed by atoms with E-state index >= 15 is 0 Å². The van der Waals surface area contributed by atoms with Gasteiger partial charge in [0.05, 0.1) is 11.4 Å². The molecule has 0 aliphatic carbocycles. The van der Waals surface area contributed by atoms with Gasteiger partial charge in [-0.2, -0.15) is 0 Å². The number of pyridine rings is 1. The van der Waals surface area contributed by atoms with Crippen molar-refractivity contribution >= 4 is 39.9 Å². The normalized spacial score (nSPS) is 15.8. The Balaban J connectivity index is 0.000000114. The Morgan fingerprint density at radius 2 is 1.94 bits per heavy atom. The van der Waals surface area contributed by atoms with E-state index in [4.69, 9.17) is 0 Å². The zero-order valence-corrected chi connectivity index (χ0v) is 10.3. The minimum absolute atomic E-state index is 0.797. The van der Waals surface area contributed by atoms with Gasteiger partial charge in [-0.15, -0.1) is 0 Å². The van der Waals surface area contributed by atoms with Gasteiger partial charge in [-0.1, -0.05) is 36.0 Å². The van der Waals surface area contributed by atoms with E-state index < -0.39 is 0 Å². The molecular weight excluding hydrogens is 244 g/mol. The van der Waals surface area contributed by atoms with Crippen molar-refractivity contribution in [2.75, 3.05) is 5.88 Å². The molecular formula is C13H10N4S. The lowest BCUT2D eigenvalue weighted by atomic mass is 10.2. The van der Waals surface area contributed by atoms with Gasteiger partial charge in [0.15, 0.2) is 5.84 Å². The van der Waals surface area contributed by atoms with E-state index in [-0.39, 0.29) is 0 Å². The number of para-hydroxylation sites is 1. The second-order valence-electron chi connectivity index (χ2n) is 3.63. The smallest absolute Gasteiger partial charge is 0.182 e.